The molecule has 0 atom stereocenters. The Balaban J connectivity index is 2.27. The van der Waals surface area contributed by atoms with Crippen molar-refractivity contribution in [1.29, 1.82) is 0 Å². The van der Waals surface area contributed by atoms with Crippen LogP contribution in [0.3, 0.4) is 0 Å². The zero-order valence-corrected chi connectivity index (χ0v) is 17.2. The lowest BCUT2D eigenvalue weighted by molar-refractivity contribution is -0.133. The van der Waals surface area contributed by atoms with E-state index in [2.05, 4.69) is 13.8 Å². The van der Waals surface area contributed by atoms with Crippen LogP contribution in [0.5, 0.6) is 0 Å². The summed E-state index contributed by atoms with van der Waals surface area (Å²) in [6.07, 6.45) is 8.91. The fourth-order valence-electron chi connectivity index (χ4n) is 2.80. The number of carbonyl (C=O) groups excluding carboxylic acids is 2. The maximum absolute atomic E-state index is 12.8. The lowest BCUT2D eigenvalue weighted by Gasteiger charge is -2.36. The zero-order chi connectivity index (χ0) is 19.8. The third kappa shape index (κ3) is 5.36. The summed E-state index contributed by atoms with van der Waals surface area (Å²) in [5.41, 5.74) is 2.39. The van der Waals surface area contributed by atoms with E-state index in [1.165, 1.54) is 5.56 Å². The number of thiocarbonyl (C=S) groups is 1. The van der Waals surface area contributed by atoms with Crippen molar-refractivity contribution >= 4 is 35.2 Å². The van der Waals surface area contributed by atoms with E-state index in [0.717, 1.165) is 31.2 Å². The molecule has 1 fully saturated rings. The van der Waals surface area contributed by atoms with Crippen molar-refractivity contribution in [3.8, 4) is 0 Å². The van der Waals surface area contributed by atoms with Crippen LogP contribution in [0.15, 0.2) is 42.0 Å². The van der Waals surface area contributed by atoms with E-state index in [1.807, 2.05) is 37.3 Å². The smallest absolute Gasteiger partial charge is 0.265 e. The summed E-state index contributed by atoms with van der Waals surface area (Å²) in [5.74, 6) is -0.584. The molecule has 5 heteroatoms. The van der Waals surface area contributed by atoms with Crippen LogP contribution in [0, 0.1) is 6.92 Å². The highest BCUT2D eigenvalue weighted by molar-refractivity contribution is 7.80. The minimum Gasteiger partial charge on any atom is -0.285 e. The van der Waals surface area contributed by atoms with Gasteiger partial charge in [-0.25, -0.2) is 0 Å². The van der Waals surface area contributed by atoms with E-state index in [1.54, 1.807) is 22.0 Å². The van der Waals surface area contributed by atoms with Crippen molar-refractivity contribution in [3.05, 3.63) is 53.1 Å². The SMILES string of the molecule is CCCCN1C(=O)C(=C/C=C/c2ccc(C)cc2)C(=O)N(CCCC)C1=S. The van der Waals surface area contributed by atoms with E-state index in [9.17, 15) is 9.59 Å². The van der Waals surface area contributed by atoms with Crippen LogP contribution >= 0.6 is 12.2 Å². The Bertz CT molecular complexity index is 718. The molecule has 0 radical (unpaired) electrons. The number of hydrogen-bond acceptors (Lipinski definition) is 3. The molecule has 0 saturated carbocycles. The van der Waals surface area contributed by atoms with Crippen LogP contribution in [0.4, 0.5) is 0 Å². The molecule has 0 unspecified atom stereocenters. The van der Waals surface area contributed by atoms with Gasteiger partial charge in [0.2, 0.25) is 0 Å². The molecule has 0 spiro atoms. The predicted molar refractivity (Wildman–Crippen MR) is 114 cm³/mol. The molecule has 1 aromatic rings. The first-order chi connectivity index (χ1) is 13.0. The second-order valence-electron chi connectivity index (χ2n) is 6.75. The first-order valence-corrected chi connectivity index (χ1v) is 10.0. The van der Waals surface area contributed by atoms with E-state index >= 15 is 0 Å². The summed E-state index contributed by atoms with van der Waals surface area (Å²) in [6.45, 7) is 7.26. The van der Waals surface area contributed by atoms with Crippen molar-refractivity contribution in [2.24, 2.45) is 0 Å². The van der Waals surface area contributed by atoms with E-state index in [4.69, 9.17) is 12.2 Å². The van der Waals surface area contributed by atoms with Gasteiger partial charge in [0.25, 0.3) is 11.8 Å². The summed E-state index contributed by atoms with van der Waals surface area (Å²) in [6, 6.07) is 8.07. The quantitative estimate of drug-likeness (QED) is 0.377. The topological polar surface area (TPSA) is 40.6 Å². The summed E-state index contributed by atoms with van der Waals surface area (Å²) in [4.78, 5) is 28.8. The largest absolute Gasteiger partial charge is 0.285 e. The third-order valence-electron chi connectivity index (χ3n) is 4.51. The number of unbranched alkanes of at least 4 members (excludes halogenated alkanes) is 2. The Labute approximate surface area is 167 Å². The number of hydrogen-bond donors (Lipinski definition) is 0. The Kier molecular flexibility index (Phi) is 7.92. The number of amides is 2. The lowest BCUT2D eigenvalue weighted by Crippen LogP contribution is -2.56. The van der Waals surface area contributed by atoms with Crippen LogP contribution in [0.25, 0.3) is 6.08 Å². The minimum absolute atomic E-state index is 0.180. The molecule has 2 rings (SSSR count). The average molecular weight is 385 g/mol. The van der Waals surface area contributed by atoms with Gasteiger partial charge in [0, 0.05) is 13.1 Å². The molecule has 0 bridgehead atoms. The molecule has 0 aliphatic carbocycles. The molecule has 144 valence electrons. The number of allylic oxidation sites excluding steroid dienone is 2. The van der Waals surface area contributed by atoms with Crippen molar-refractivity contribution in [2.45, 2.75) is 46.5 Å². The number of carbonyl (C=O) groups is 2. The Morgan fingerprint density at radius 3 is 1.93 bits per heavy atom. The standard InChI is InChI=1S/C22H28N2O2S/c1-4-6-15-23-20(25)19(21(26)24(22(23)27)16-7-5-2)10-8-9-18-13-11-17(3)12-14-18/h8-14H,4-7,15-16H2,1-3H3/b9-8+. The first kappa shape index (κ1) is 21.0. The molecule has 1 aliphatic rings. The average Bonchev–Trinajstić information content (AvgIpc) is 2.66. The highest BCUT2D eigenvalue weighted by Gasteiger charge is 2.38. The Hall–Kier alpha value is -2.27. The summed E-state index contributed by atoms with van der Waals surface area (Å²) < 4.78 is 0. The highest BCUT2D eigenvalue weighted by atomic mass is 32.1. The monoisotopic (exact) mass is 384 g/mol. The predicted octanol–water partition coefficient (Wildman–Crippen LogP) is 4.49. The highest BCUT2D eigenvalue weighted by Crippen LogP contribution is 2.19. The van der Waals surface area contributed by atoms with Gasteiger partial charge in [0.05, 0.1) is 0 Å². The van der Waals surface area contributed by atoms with Gasteiger partial charge in [-0.05, 0) is 43.6 Å². The Morgan fingerprint density at radius 1 is 0.926 bits per heavy atom. The fourth-order valence-corrected chi connectivity index (χ4v) is 3.15. The maximum Gasteiger partial charge on any atom is 0.265 e. The van der Waals surface area contributed by atoms with Crippen molar-refractivity contribution in [3.63, 3.8) is 0 Å². The van der Waals surface area contributed by atoms with Crippen LogP contribution in [0.1, 0.15) is 50.7 Å². The van der Waals surface area contributed by atoms with Crippen LogP contribution in [0.2, 0.25) is 0 Å². The molecule has 27 heavy (non-hydrogen) atoms. The minimum atomic E-state index is -0.292. The third-order valence-corrected chi connectivity index (χ3v) is 4.95. The van der Waals surface area contributed by atoms with Gasteiger partial charge in [0.1, 0.15) is 5.57 Å². The van der Waals surface area contributed by atoms with Crippen molar-refractivity contribution < 1.29 is 9.59 Å². The van der Waals surface area contributed by atoms with Gasteiger partial charge in [-0.2, -0.15) is 0 Å². The van der Waals surface area contributed by atoms with Gasteiger partial charge in [0.15, 0.2) is 5.11 Å². The van der Waals surface area contributed by atoms with Crippen molar-refractivity contribution in [1.82, 2.24) is 9.80 Å². The van der Waals surface area contributed by atoms with Gasteiger partial charge in [-0.1, -0.05) is 68.7 Å². The molecule has 0 N–H and O–H groups in total. The molecular weight excluding hydrogens is 356 g/mol. The summed E-state index contributed by atoms with van der Waals surface area (Å²) >= 11 is 5.45. The number of benzene rings is 1. The molecule has 4 nitrogen and oxygen atoms in total. The molecule has 1 aromatic carbocycles. The first-order valence-electron chi connectivity index (χ1n) is 9.62. The van der Waals surface area contributed by atoms with E-state index in [0.29, 0.717) is 18.2 Å². The van der Waals surface area contributed by atoms with Gasteiger partial charge < -0.3 is 0 Å². The van der Waals surface area contributed by atoms with Crippen LogP contribution < -0.4 is 0 Å². The summed E-state index contributed by atoms with van der Waals surface area (Å²) in [7, 11) is 0. The molecule has 1 heterocycles. The Morgan fingerprint density at radius 2 is 1.44 bits per heavy atom. The summed E-state index contributed by atoms with van der Waals surface area (Å²) in [5, 5.41) is 0.339. The molecule has 0 aromatic heterocycles. The number of nitrogens with zero attached hydrogens (tertiary/aromatic N) is 2. The molecule has 2 amide bonds. The maximum atomic E-state index is 12.8. The number of aryl methyl sites for hydroxylation is 1. The molecule has 1 aliphatic heterocycles. The van der Waals surface area contributed by atoms with E-state index < -0.39 is 0 Å². The molecule has 1 saturated heterocycles. The fraction of sp³-hybridized carbons (Fsp3) is 0.409. The van der Waals surface area contributed by atoms with Gasteiger partial charge in [-0.3, -0.25) is 19.4 Å². The normalized spacial score (nSPS) is 15.2. The second kappa shape index (κ2) is 10.2. The zero-order valence-electron chi connectivity index (χ0n) is 16.4. The van der Waals surface area contributed by atoms with Crippen LogP contribution in [-0.2, 0) is 9.59 Å². The number of rotatable bonds is 8. The van der Waals surface area contributed by atoms with Gasteiger partial charge in [-0.15, -0.1) is 0 Å². The molecular formula is C22H28N2O2S. The van der Waals surface area contributed by atoms with Crippen molar-refractivity contribution in [2.75, 3.05) is 13.1 Å². The van der Waals surface area contributed by atoms with Crippen LogP contribution in [-0.4, -0.2) is 39.8 Å². The second-order valence-corrected chi connectivity index (χ2v) is 7.12. The van der Waals surface area contributed by atoms with Gasteiger partial charge >= 0.3 is 0 Å². The van der Waals surface area contributed by atoms with E-state index in [-0.39, 0.29) is 17.4 Å². The lowest BCUT2D eigenvalue weighted by atomic mass is 10.1.